The Morgan fingerprint density at radius 1 is 1.19 bits per heavy atom. The molecule has 1 aromatic rings. The standard InChI is InChI=1S/C17H25NO7S/c1-6-24-16(21)13(15(20)18-25-17(2,3)4)14(19)11-7-9-12(10-8-11)26(5,22)23/h7-10,13-14,19H,6H2,1-5H3,(H,18,20)/t13-,14-/m0/s1. The van der Waals surface area contributed by atoms with Crippen LogP contribution in [0.15, 0.2) is 29.2 Å². The van der Waals surface area contributed by atoms with Gasteiger partial charge in [0.05, 0.1) is 17.1 Å². The Kier molecular flexibility index (Phi) is 7.31. The van der Waals surface area contributed by atoms with Gasteiger partial charge in [-0.15, -0.1) is 0 Å². The van der Waals surface area contributed by atoms with E-state index in [-0.39, 0.29) is 17.1 Å². The summed E-state index contributed by atoms with van der Waals surface area (Å²) in [6.07, 6.45) is -0.483. The molecule has 26 heavy (non-hydrogen) atoms. The highest BCUT2D eigenvalue weighted by molar-refractivity contribution is 7.90. The quantitative estimate of drug-likeness (QED) is 0.409. The van der Waals surface area contributed by atoms with Crippen LogP contribution >= 0.6 is 0 Å². The third kappa shape index (κ3) is 6.40. The summed E-state index contributed by atoms with van der Waals surface area (Å²) in [4.78, 5) is 29.7. The van der Waals surface area contributed by atoms with Gasteiger partial charge >= 0.3 is 5.97 Å². The molecule has 0 saturated carbocycles. The van der Waals surface area contributed by atoms with Gasteiger partial charge in [0.2, 0.25) is 0 Å². The van der Waals surface area contributed by atoms with Crippen molar-refractivity contribution in [2.45, 2.75) is 44.3 Å². The number of hydroxylamine groups is 1. The van der Waals surface area contributed by atoms with E-state index in [1.54, 1.807) is 27.7 Å². The maximum absolute atomic E-state index is 12.4. The molecule has 0 radical (unpaired) electrons. The van der Waals surface area contributed by atoms with Crippen molar-refractivity contribution in [2.75, 3.05) is 12.9 Å². The van der Waals surface area contributed by atoms with Crippen molar-refractivity contribution in [3.63, 3.8) is 0 Å². The molecule has 0 heterocycles. The molecule has 0 aliphatic rings. The summed E-state index contributed by atoms with van der Waals surface area (Å²) in [6.45, 7) is 6.71. The predicted molar refractivity (Wildman–Crippen MR) is 93.6 cm³/mol. The van der Waals surface area contributed by atoms with Crippen LogP contribution in [0.2, 0.25) is 0 Å². The molecule has 0 fully saturated rings. The van der Waals surface area contributed by atoms with Crippen molar-refractivity contribution in [1.82, 2.24) is 5.48 Å². The number of carbonyl (C=O) groups is 2. The molecule has 0 unspecified atom stereocenters. The lowest BCUT2D eigenvalue weighted by atomic mass is 9.95. The lowest BCUT2D eigenvalue weighted by Gasteiger charge is -2.24. The van der Waals surface area contributed by atoms with Gasteiger partial charge in [0.15, 0.2) is 15.8 Å². The molecule has 1 rings (SSSR count). The van der Waals surface area contributed by atoms with Crippen molar-refractivity contribution in [2.24, 2.45) is 5.92 Å². The summed E-state index contributed by atoms with van der Waals surface area (Å²) < 4.78 is 27.9. The van der Waals surface area contributed by atoms with Gasteiger partial charge in [-0.3, -0.25) is 14.4 Å². The van der Waals surface area contributed by atoms with E-state index in [1.807, 2.05) is 0 Å². The Labute approximate surface area is 153 Å². The zero-order valence-electron chi connectivity index (χ0n) is 15.5. The number of esters is 1. The molecule has 0 spiro atoms. The van der Waals surface area contributed by atoms with Crippen LogP contribution in [0.5, 0.6) is 0 Å². The Balaban J connectivity index is 3.09. The topological polar surface area (TPSA) is 119 Å². The molecule has 0 saturated heterocycles. The SMILES string of the molecule is CCOC(=O)[C@H](C(=O)NOC(C)(C)C)[C@@H](O)c1ccc(S(C)(=O)=O)cc1. The Morgan fingerprint density at radius 2 is 1.73 bits per heavy atom. The van der Waals surface area contributed by atoms with E-state index in [0.29, 0.717) is 0 Å². The van der Waals surface area contributed by atoms with E-state index < -0.39 is 39.3 Å². The van der Waals surface area contributed by atoms with Crippen LogP contribution in [0, 0.1) is 5.92 Å². The third-order valence-corrected chi connectivity index (χ3v) is 4.37. The first-order valence-electron chi connectivity index (χ1n) is 7.99. The average Bonchev–Trinajstić information content (AvgIpc) is 2.52. The predicted octanol–water partition coefficient (Wildman–Crippen LogP) is 1.15. The fourth-order valence-corrected chi connectivity index (χ4v) is 2.61. The number of rotatable bonds is 7. The first kappa shape index (κ1) is 22.1. The van der Waals surface area contributed by atoms with Crippen LogP contribution in [-0.2, 0) is 29.0 Å². The minimum atomic E-state index is -3.40. The van der Waals surface area contributed by atoms with E-state index in [4.69, 9.17) is 9.57 Å². The lowest BCUT2D eigenvalue weighted by Crippen LogP contribution is -2.43. The van der Waals surface area contributed by atoms with Gasteiger partial charge in [-0.1, -0.05) is 12.1 Å². The van der Waals surface area contributed by atoms with Gasteiger partial charge < -0.3 is 9.84 Å². The van der Waals surface area contributed by atoms with E-state index in [1.165, 1.54) is 24.3 Å². The van der Waals surface area contributed by atoms with Crippen molar-refractivity contribution in [3.8, 4) is 0 Å². The van der Waals surface area contributed by atoms with Gasteiger partial charge in [-0.2, -0.15) is 0 Å². The number of aliphatic hydroxyl groups excluding tert-OH is 1. The second kappa shape index (κ2) is 8.61. The minimum Gasteiger partial charge on any atom is -0.465 e. The molecule has 8 nitrogen and oxygen atoms in total. The number of benzene rings is 1. The highest BCUT2D eigenvalue weighted by Gasteiger charge is 2.37. The van der Waals surface area contributed by atoms with Crippen molar-refractivity contribution in [3.05, 3.63) is 29.8 Å². The number of sulfone groups is 1. The molecule has 2 N–H and O–H groups in total. The number of hydrogen-bond acceptors (Lipinski definition) is 7. The van der Waals surface area contributed by atoms with Gasteiger partial charge in [-0.25, -0.2) is 13.9 Å². The molecule has 0 aliphatic heterocycles. The van der Waals surface area contributed by atoms with Crippen LogP contribution in [0.3, 0.4) is 0 Å². The fourth-order valence-electron chi connectivity index (χ4n) is 1.98. The van der Waals surface area contributed by atoms with E-state index >= 15 is 0 Å². The van der Waals surface area contributed by atoms with Crippen LogP contribution in [0.4, 0.5) is 0 Å². The van der Waals surface area contributed by atoms with Gasteiger partial charge in [0.25, 0.3) is 5.91 Å². The average molecular weight is 387 g/mol. The molecular weight excluding hydrogens is 362 g/mol. The zero-order chi connectivity index (χ0) is 20.1. The number of hydrogen-bond donors (Lipinski definition) is 2. The van der Waals surface area contributed by atoms with Crippen molar-refractivity contribution in [1.29, 1.82) is 0 Å². The normalized spacial score (nSPS) is 14.4. The number of amides is 1. The summed E-state index contributed by atoms with van der Waals surface area (Å²) in [5.41, 5.74) is 1.65. The largest absolute Gasteiger partial charge is 0.465 e. The number of ether oxygens (including phenoxy) is 1. The van der Waals surface area contributed by atoms with Crippen LogP contribution in [-0.4, -0.2) is 43.9 Å². The zero-order valence-corrected chi connectivity index (χ0v) is 16.3. The summed E-state index contributed by atoms with van der Waals surface area (Å²) in [7, 11) is -3.40. The van der Waals surface area contributed by atoms with E-state index in [9.17, 15) is 23.1 Å². The molecule has 1 aromatic carbocycles. The first-order valence-corrected chi connectivity index (χ1v) is 9.88. The fraction of sp³-hybridized carbons (Fsp3) is 0.529. The smallest absolute Gasteiger partial charge is 0.321 e. The molecule has 0 bridgehead atoms. The summed E-state index contributed by atoms with van der Waals surface area (Å²) in [5, 5.41) is 10.5. The van der Waals surface area contributed by atoms with Crippen LogP contribution < -0.4 is 5.48 Å². The maximum Gasteiger partial charge on any atom is 0.321 e. The number of carbonyl (C=O) groups excluding carboxylic acids is 2. The molecule has 146 valence electrons. The van der Waals surface area contributed by atoms with E-state index in [0.717, 1.165) is 6.26 Å². The summed E-state index contributed by atoms with van der Waals surface area (Å²) in [5.74, 6) is -3.35. The van der Waals surface area contributed by atoms with E-state index in [2.05, 4.69) is 5.48 Å². The molecule has 0 aliphatic carbocycles. The molecule has 2 atom stereocenters. The minimum absolute atomic E-state index is 0.0302. The lowest BCUT2D eigenvalue weighted by molar-refractivity contribution is -0.167. The van der Waals surface area contributed by atoms with Crippen molar-refractivity contribution < 1.29 is 32.7 Å². The molecule has 0 aromatic heterocycles. The number of nitrogens with one attached hydrogen (secondary N) is 1. The van der Waals surface area contributed by atoms with Gasteiger partial charge in [0.1, 0.15) is 6.10 Å². The third-order valence-electron chi connectivity index (χ3n) is 3.25. The molecular formula is C17H25NO7S. The second-order valence-electron chi connectivity index (χ2n) is 6.70. The summed E-state index contributed by atoms with van der Waals surface area (Å²) in [6, 6.07) is 5.26. The second-order valence-corrected chi connectivity index (χ2v) is 8.71. The molecule has 1 amide bonds. The maximum atomic E-state index is 12.4. The van der Waals surface area contributed by atoms with Crippen LogP contribution in [0.25, 0.3) is 0 Å². The monoisotopic (exact) mass is 387 g/mol. The molecule has 9 heteroatoms. The highest BCUT2D eigenvalue weighted by atomic mass is 32.2. The van der Waals surface area contributed by atoms with Crippen LogP contribution in [0.1, 0.15) is 39.4 Å². The Hall–Kier alpha value is -1.97. The van der Waals surface area contributed by atoms with Crippen molar-refractivity contribution >= 4 is 21.7 Å². The number of aliphatic hydroxyl groups is 1. The summed E-state index contributed by atoms with van der Waals surface area (Å²) >= 11 is 0. The Morgan fingerprint density at radius 3 is 2.15 bits per heavy atom. The van der Waals surface area contributed by atoms with Gasteiger partial charge in [-0.05, 0) is 45.4 Å². The van der Waals surface area contributed by atoms with Gasteiger partial charge in [0, 0.05) is 6.26 Å². The first-order chi connectivity index (χ1) is 11.9. The Bertz CT molecular complexity index is 735. The highest BCUT2D eigenvalue weighted by Crippen LogP contribution is 2.25.